The number of carboxylic acids is 1. The molecule has 1 aliphatic rings. The fourth-order valence-electron chi connectivity index (χ4n) is 1.94. The molecule has 0 saturated carbocycles. The molecule has 0 aromatic carbocycles. The van der Waals surface area contributed by atoms with Crippen molar-refractivity contribution in [3.63, 3.8) is 0 Å². The van der Waals surface area contributed by atoms with Crippen LogP contribution in [0.2, 0.25) is 0 Å². The van der Waals surface area contributed by atoms with E-state index in [4.69, 9.17) is 10.2 Å². The average Bonchev–Trinajstić information content (AvgIpc) is 2.38. The molecule has 0 spiro atoms. The number of aliphatic hydroxyl groups excluding tert-OH is 1. The van der Waals surface area contributed by atoms with Gasteiger partial charge in [0.1, 0.15) is 0 Å². The van der Waals surface area contributed by atoms with E-state index in [0.29, 0.717) is 19.6 Å². The lowest BCUT2D eigenvalue weighted by Gasteiger charge is -2.35. The highest BCUT2D eigenvalue weighted by atomic mass is 16.4. The van der Waals surface area contributed by atoms with Gasteiger partial charge < -0.3 is 20.4 Å². The van der Waals surface area contributed by atoms with Crippen LogP contribution in [0.25, 0.3) is 0 Å². The number of carbonyl (C=O) groups excluding carboxylic acids is 1. The topological polar surface area (TPSA) is 93.1 Å². The summed E-state index contributed by atoms with van der Waals surface area (Å²) in [5.74, 6) is -1.53. The van der Waals surface area contributed by atoms with Crippen LogP contribution in [0.15, 0.2) is 0 Å². The SMILES string of the molecule is CC(NC(=O)N1CCN(CCO)CC1)C(C)C(=O)O. The minimum atomic E-state index is -0.916. The number of urea groups is 1. The zero-order chi connectivity index (χ0) is 14.4. The highest BCUT2D eigenvalue weighted by Crippen LogP contribution is 2.05. The van der Waals surface area contributed by atoms with Gasteiger partial charge in [0.2, 0.25) is 0 Å². The van der Waals surface area contributed by atoms with Gasteiger partial charge in [-0.2, -0.15) is 0 Å². The number of amides is 2. The predicted molar refractivity (Wildman–Crippen MR) is 69.9 cm³/mol. The summed E-state index contributed by atoms with van der Waals surface area (Å²) in [4.78, 5) is 26.5. The van der Waals surface area contributed by atoms with E-state index in [1.54, 1.807) is 18.7 Å². The molecule has 7 nitrogen and oxygen atoms in total. The molecule has 1 saturated heterocycles. The highest BCUT2D eigenvalue weighted by Gasteiger charge is 2.25. The first-order valence-corrected chi connectivity index (χ1v) is 6.57. The van der Waals surface area contributed by atoms with E-state index in [9.17, 15) is 9.59 Å². The van der Waals surface area contributed by atoms with E-state index in [2.05, 4.69) is 10.2 Å². The second-order valence-electron chi connectivity index (χ2n) is 4.92. The van der Waals surface area contributed by atoms with Crippen molar-refractivity contribution in [3.8, 4) is 0 Å². The molecule has 1 rings (SSSR count). The number of aliphatic carboxylic acids is 1. The van der Waals surface area contributed by atoms with Crippen molar-refractivity contribution in [1.82, 2.24) is 15.1 Å². The number of β-amino-alcohol motifs (C(OH)–C–C–N with tert-alkyl or cyclic N) is 1. The van der Waals surface area contributed by atoms with E-state index in [0.717, 1.165) is 13.1 Å². The van der Waals surface area contributed by atoms with E-state index in [-0.39, 0.29) is 12.6 Å². The highest BCUT2D eigenvalue weighted by molar-refractivity contribution is 5.76. The Labute approximate surface area is 113 Å². The van der Waals surface area contributed by atoms with Crippen LogP contribution in [0.4, 0.5) is 4.79 Å². The Morgan fingerprint density at radius 3 is 2.26 bits per heavy atom. The van der Waals surface area contributed by atoms with E-state index < -0.39 is 17.9 Å². The number of hydrogen-bond acceptors (Lipinski definition) is 4. The normalized spacial score (nSPS) is 19.8. The Kier molecular flexibility index (Phi) is 6.04. The molecule has 1 aliphatic heterocycles. The van der Waals surface area contributed by atoms with Gasteiger partial charge in [0.15, 0.2) is 0 Å². The number of nitrogens with one attached hydrogen (secondary N) is 1. The number of aliphatic hydroxyl groups is 1. The zero-order valence-corrected chi connectivity index (χ0v) is 11.5. The first-order valence-electron chi connectivity index (χ1n) is 6.57. The molecule has 1 fully saturated rings. The van der Waals surface area contributed by atoms with Crippen molar-refractivity contribution < 1.29 is 19.8 Å². The fourth-order valence-corrected chi connectivity index (χ4v) is 1.94. The van der Waals surface area contributed by atoms with Crippen molar-refractivity contribution in [2.75, 3.05) is 39.3 Å². The van der Waals surface area contributed by atoms with Crippen molar-refractivity contribution >= 4 is 12.0 Å². The molecule has 0 aromatic heterocycles. The second kappa shape index (κ2) is 7.30. The number of rotatable bonds is 5. The van der Waals surface area contributed by atoms with Crippen molar-refractivity contribution in [2.24, 2.45) is 5.92 Å². The summed E-state index contributed by atoms with van der Waals surface area (Å²) in [5, 5.41) is 20.4. The Bertz CT molecular complexity index is 316. The lowest BCUT2D eigenvalue weighted by molar-refractivity contribution is -0.141. The van der Waals surface area contributed by atoms with Crippen LogP contribution in [0.3, 0.4) is 0 Å². The summed E-state index contributed by atoms with van der Waals surface area (Å²) in [6, 6.07) is -0.621. The van der Waals surface area contributed by atoms with Gasteiger partial charge in [0.05, 0.1) is 12.5 Å². The first kappa shape index (κ1) is 15.7. The number of hydrogen-bond donors (Lipinski definition) is 3. The van der Waals surface area contributed by atoms with Gasteiger partial charge >= 0.3 is 12.0 Å². The van der Waals surface area contributed by atoms with Crippen LogP contribution >= 0.6 is 0 Å². The summed E-state index contributed by atoms with van der Waals surface area (Å²) in [7, 11) is 0. The number of nitrogens with zero attached hydrogens (tertiary/aromatic N) is 2. The Morgan fingerprint density at radius 1 is 1.21 bits per heavy atom. The molecule has 0 aromatic rings. The number of carbonyl (C=O) groups is 2. The zero-order valence-electron chi connectivity index (χ0n) is 11.5. The molecular formula is C12H23N3O4. The van der Waals surface area contributed by atoms with Crippen molar-refractivity contribution in [3.05, 3.63) is 0 Å². The maximum absolute atomic E-state index is 12.0. The summed E-state index contributed by atoms with van der Waals surface area (Å²) < 4.78 is 0. The van der Waals surface area contributed by atoms with Crippen LogP contribution < -0.4 is 5.32 Å². The molecule has 3 N–H and O–H groups in total. The molecule has 2 amide bonds. The smallest absolute Gasteiger partial charge is 0.317 e. The van der Waals surface area contributed by atoms with Gasteiger partial charge in [-0.1, -0.05) is 0 Å². The lowest BCUT2D eigenvalue weighted by atomic mass is 10.0. The van der Waals surface area contributed by atoms with Crippen molar-refractivity contribution in [1.29, 1.82) is 0 Å². The lowest BCUT2D eigenvalue weighted by Crippen LogP contribution is -2.54. The molecule has 2 atom stereocenters. The summed E-state index contributed by atoms with van der Waals surface area (Å²) >= 11 is 0. The summed E-state index contributed by atoms with van der Waals surface area (Å²) in [6.07, 6.45) is 0. The molecule has 1 heterocycles. The minimum Gasteiger partial charge on any atom is -0.481 e. The van der Waals surface area contributed by atoms with E-state index in [1.807, 2.05) is 0 Å². The van der Waals surface area contributed by atoms with Gasteiger partial charge in [-0.25, -0.2) is 4.79 Å². The van der Waals surface area contributed by atoms with Gasteiger partial charge in [-0.15, -0.1) is 0 Å². The Hall–Kier alpha value is -1.34. The minimum absolute atomic E-state index is 0.124. The third-order valence-corrected chi connectivity index (χ3v) is 3.57. The molecule has 7 heteroatoms. The van der Waals surface area contributed by atoms with Crippen LogP contribution in [0, 0.1) is 5.92 Å². The molecular weight excluding hydrogens is 250 g/mol. The molecule has 0 bridgehead atoms. The van der Waals surface area contributed by atoms with Crippen molar-refractivity contribution in [2.45, 2.75) is 19.9 Å². The van der Waals surface area contributed by atoms with Crippen LogP contribution in [-0.4, -0.2) is 77.4 Å². The number of piperazine rings is 1. The molecule has 2 unspecified atom stereocenters. The van der Waals surface area contributed by atoms with Gasteiger partial charge in [-0.3, -0.25) is 9.69 Å². The fraction of sp³-hybridized carbons (Fsp3) is 0.833. The third-order valence-electron chi connectivity index (χ3n) is 3.57. The Morgan fingerprint density at radius 2 is 1.79 bits per heavy atom. The van der Waals surface area contributed by atoms with Crippen LogP contribution in [0.1, 0.15) is 13.8 Å². The second-order valence-corrected chi connectivity index (χ2v) is 4.92. The Balaban J connectivity index is 2.37. The average molecular weight is 273 g/mol. The molecule has 110 valence electrons. The van der Waals surface area contributed by atoms with Crippen LogP contribution in [0.5, 0.6) is 0 Å². The molecule has 19 heavy (non-hydrogen) atoms. The predicted octanol–water partition coefficient (Wildman–Crippen LogP) is -0.585. The van der Waals surface area contributed by atoms with E-state index in [1.165, 1.54) is 0 Å². The molecule has 0 radical (unpaired) electrons. The molecule has 0 aliphatic carbocycles. The standard InChI is InChI=1S/C12H23N3O4/c1-9(11(17)18)10(2)13-12(19)15-5-3-14(4-6-15)7-8-16/h9-10,16H,3-8H2,1-2H3,(H,13,19)(H,17,18). The van der Waals surface area contributed by atoms with Gasteiger partial charge in [0.25, 0.3) is 0 Å². The van der Waals surface area contributed by atoms with Crippen LogP contribution in [-0.2, 0) is 4.79 Å². The summed E-state index contributed by atoms with van der Waals surface area (Å²) in [5.41, 5.74) is 0. The largest absolute Gasteiger partial charge is 0.481 e. The van der Waals surface area contributed by atoms with Gasteiger partial charge in [0, 0.05) is 38.8 Å². The van der Waals surface area contributed by atoms with E-state index >= 15 is 0 Å². The van der Waals surface area contributed by atoms with Gasteiger partial charge in [-0.05, 0) is 13.8 Å². The quantitative estimate of drug-likeness (QED) is 0.623. The maximum Gasteiger partial charge on any atom is 0.317 e. The summed E-state index contributed by atoms with van der Waals surface area (Å²) in [6.45, 7) is 6.68. The first-order chi connectivity index (χ1) is 8.95. The third kappa shape index (κ3) is 4.68. The monoisotopic (exact) mass is 273 g/mol. The maximum atomic E-state index is 12.0. The number of carboxylic acid groups (broad SMARTS) is 1.